The summed E-state index contributed by atoms with van der Waals surface area (Å²) in [6, 6.07) is 2.00. The molecule has 4 rings (SSSR count). The van der Waals surface area contributed by atoms with Crippen molar-refractivity contribution in [2.45, 2.75) is 25.3 Å². The summed E-state index contributed by atoms with van der Waals surface area (Å²) in [5.74, 6) is 2.67. The molecule has 6 heteroatoms. The van der Waals surface area contributed by atoms with Crippen molar-refractivity contribution in [3.05, 3.63) is 24.5 Å². The highest BCUT2D eigenvalue weighted by molar-refractivity contribution is 5.46. The van der Waals surface area contributed by atoms with Crippen LogP contribution in [0.15, 0.2) is 23.1 Å². The average molecular weight is 257 g/mol. The molecule has 1 N–H and O–H groups in total. The lowest BCUT2D eigenvalue weighted by Gasteiger charge is -2.13. The second-order valence-electron chi connectivity index (χ2n) is 5.29. The van der Waals surface area contributed by atoms with Crippen LogP contribution in [0.4, 0.5) is 0 Å². The maximum absolute atomic E-state index is 5.43. The van der Waals surface area contributed by atoms with Crippen LogP contribution in [0.5, 0.6) is 0 Å². The van der Waals surface area contributed by atoms with Gasteiger partial charge >= 0.3 is 0 Å². The van der Waals surface area contributed by atoms with Gasteiger partial charge < -0.3 is 9.84 Å². The smallest absolute Gasteiger partial charge is 0.244 e. The highest BCUT2D eigenvalue weighted by Gasteiger charge is 2.42. The summed E-state index contributed by atoms with van der Waals surface area (Å²) in [6.45, 7) is 1.07. The number of hydrogen-bond acceptors (Lipinski definition) is 6. The van der Waals surface area contributed by atoms with Crippen molar-refractivity contribution in [1.82, 2.24) is 25.4 Å². The molecule has 98 valence electrons. The second kappa shape index (κ2) is 4.38. The first kappa shape index (κ1) is 11.0. The van der Waals surface area contributed by atoms with Gasteiger partial charge in [0.25, 0.3) is 0 Å². The van der Waals surface area contributed by atoms with Gasteiger partial charge in [-0.05, 0) is 37.3 Å². The predicted octanol–water partition coefficient (Wildman–Crippen LogP) is 1.59. The minimum Gasteiger partial charge on any atom is -0.337 e. The van der Waals surface area contributed by atoms with Crippen molar-refractivity contribution in [3.8, 4) is 11.5 Å². The minimum absolute atomic E-state index is 0.218. The maximum Gasteiger partial charge on any atom is 0.244 e. The van der Waals surface area contributed by atoms with Crippen LogP contribution >= 0.6 is 0 Å². The van der Waals surface area contributed by atoms with Crippen LogP contribution in [-0.2, 0) is 0 Å². The molecule has 2 aromatic heterocycles. The molecule has 3 atom stereocenters. The van der Waals surface area contributed by atoms with E-state index < -0.39 is 0 Å². The Labute approximate surface area is 110 Å². The summed E-state index contributed by atoms with van der Waals surface area (Å²) < 4.78 is 5.43. The van der Waals surface area contributed by atoms with Gasteiger partial charge in [-0.15, -0.1) is 0 Å². The Morgan fingerprint density at radius 2 is 2.32 bits per heavy atom. The largest absolute Gasteiger partial charge is 0.337 e. The van der Waals surface area contributed by atoms with Gasteiger partial charge in [0, 0.05) is 6.20 Å². The van der Waals surface area contributed by atoms with Crippen molar-refractivity contribution in [2.75, 3.05) is 6.54 Å². The Bertz CT molecular complexity index is 569. The van der Waals surface area contributed by atoms with E-state index >= 15 is 0 Å². The van der Waals surface area contributed by atoms with Crippen molar-refractivity contribution < 1.29 is 4.52 Å². The molecular weight excluding hydrogens is 242 g/mol. The molecule has 0 aromatic carbocycles. The van der Waals surface area contributed by atoms with E-state index in [0.29, 0.717) is 23.3 Å². The van der Waals surface area contributed by atoms with E-state index in [1.54, 1.807) is 12.3 Å². The Hall–Kier alpha value is -1.82. The van der Waals surface area contributed by atoms with Gasteiger partial charge in [-0.2, -0.15) is 4.98 Å². The number of rotatable bonds is 2. The van der Waals surface area contributed by atoms with E-state index in [9.17, 15) is 0 Å². The Kier molecular flexibility index (Phi) is 2.55. The quantitative estimate of drug-likeness (QED) is 0.880. The molecule has 0 bridgehead atoms. The fraction of sp³-hybridized carbons (Fsp3) is 0.538. The minimum atomic E-state index is 0.218. The van der Waals surface area contributed by atoms with Crippen molar-refractivity contribution >= 4 is 0 Å². The molecule has 2 fully saturated rings. The average Bonchev–Trinajstić information content (AvgIpc) is 3.15. The van der Waals surface area contributed by atoms with Crippen LogP contribution < -0.4 is 5.32 Å². The number of fused-ring (bicyclic) bond motifs is 1. The van der Waals surface area contributed by atoms with Gasteiger partial charge in [-0.1, -0.05) is 11.6 Å². The lowest BCUT2D eigenvalue weighted by Crippen LogP contribution is -2.18. The monoisotopic (exact) mass is 257 g/mol. The summed E-state index contributed by atoms with van der Waals surface area (Å²) in [5, 5.41) is 7.54. The van der Waals surface area contributed by atoms with Crippen molar-refractivity contribution in [3.63, 3.8) is 0 Å². The number of nitrogens with zero attached hydrogens (tertiary/aromatic N) is 4. The van der Waals surface area contributed by atoms with Gasteiger partial charge in [0.05, 0.1) is 6.04 Å². The molecule has 2 aromatic rings. The third-order valence-corrected chi connectivity index (χ3v) is 4.26. The zero-order chi connectivity index (χ0) is 12.7. The fourth-order valence-electron chi connectivity index (χ4n) is 3.35. The summed E-state index contributed by atoms with van der Waals surface area (Å²) >= 11 is 0. The molecule has 1 aliphatic carbocycles. The van der Waals surface area contributed by atoms with Gasteiger partial charge in [0.2, 0.25) is 11.7 Å². The first-order valence-corrected chi connectivity index (χ1v) is 6.75. The molecule has 19 heavy (non-hydrogen) atoms. The van der Waals surface area contributed by atoms with Crippen molar-refractivity contribution in [1.29, 1.82) is 0 Å². The summed E-state index contributed by atoms with van der Waals surface area (Å²) in [5.41, 5.74) is 0.700. The number of hydrogen-bond donors (Lipinski definition) is 1. The van der Waals surface area contributed by atoms with Crippen molar-refractivity contribution in [2.24, 2.45) is 11.8 Å². The number of nitrogens with one attached hydrogen (secondary N) is 1. The normalized spacial score (nSPS) is 29.6. The third-order valence-electron chi connectivity index (χ3n) is 4.26. The van der Waals surface area contributed by atoms with E-state index in [1.165, 1.54) is 25.6 Å². The molecule has 3 unspecified atom stereocenters. The Morgan fingerprint density at radius 1 is 1.32 bits per heavy atom. The molecular formula is C13H15N5O. The zero-order valence-corrected chi connectivity index (χ0v) is 10.5. The Balaban J connectivity index is 1.62. The lowest BCUT2D eigenvalue weighted by molar-refractivity contribution is 0.302. The van der Waals surface area contributed by atoms with Gasteiger partial charge in [-0.25, -0.2) is 9.97 Å². The van der Waals surface area contributed by atoms with Crippen LogP contribution in [0.3, 0.4) is 0 Å². The van der Waals surface area contributed by atoms with Crippen LogP contribution in [0, 0.1) is 11.8 Å². The Morgan fingerprint density at radius 3 is 3.21 bits per heavy atom. The standard InChI is InChI=1S/C13H15N5O/c1-2-8-6-15-11(9(8)3-1)13-17-12(18-19-13)10-4-5-14-7-16-10/h4-5,7-9,11,15H,1-3,6H2. The molecule has 0 spiro atoms. The predicted molar refractivity (Wildman–Crippen MR) is 66.9 cm³/mol. The number of aromatic nitrogens is 4. The molecule has 0 radical (unpaired) electrons. The summed E-state index contributed by atoms with van der Waals surface area (Å²) in [4.78, 5) is 12.5. The molecule has 2 aliphatic rings. The molecule has 3 heterocycles. The summed E-state index contributed by atoms with van der Waals surface area (Å²) in [6.07, 6.45) is 7.07. The van der Waals surface area contributed by atoms with E-state index in [-0.39, 0.29) is 6.04 Å². The van der Waals surface area contributed by atoms with Gasteiger partial charge in [0.1, 0.15) is 12.0 Å². The molecule has 1 aliphatic heterocycles. The van der Waals surface area contributed by atoms with Gasteiger partial charge in [-0.3, -0.25) is 0 Å². The summed E-state index contributed by atoms with van der Waals surface area (Å²) in [7, 11) is 0. The second-order valence-corrected chi connectivity index (χ2v) is 5.29. The molecule has 1 saturated heterocycles. The van der Waals surface area contributed by atoms with E-state index in [2.05, 4.69) is 25.4 Å². The van der Waals surface area contributed by atoms with E-state index in [0.717, 1.165) is 12.5 Å². The van der Waals surface area contributed by atoms with Crippen LogP contribution in [0.25, 0.3) is 11.5 Å². The van der Waals surface area contributed by atoms with Crippen LogP contribution in [0.2, 0.25) is 0 Å². The first-order chi connectivity index (χ1) is 9.42. The third kappa shape index (κ3) is 1.83. The molecule has 0 amide bonds. The first-order valence-electron chi connectivity index (χ1n) is 6.75. The topological polar surface area (TPSA) is 76.7 Å². The lowest BCUT2D eigenvalue weighted by atomic mass is 9.94. The SMILES string of the molecule is c1cc(-c2noc(C3NCC4CCCC43)n2)ncn1. The molecule has 1 saturated carbocycles. The maximum atomic E-state index is 5.43. The fourth-order valence-corrected chi connectivity index (χ4v) is 3.35. The zero-order valence-electron chi connectivity index (χ0n) is 10.5. The van der Waals surface area contributed by atoms with Gasteiger partial charge in [0.15, 0.2) is 0 Å². The highest BCUT2D eigenvalue weighted by atomic mass is 16.5. The van der Waals surface area contributed by atoms with E-state index in [1.807, 2.05) is 0 Å². The van der Waals surface area contributed by atoms with E-state index in [4.69, 9.17) is 4.52 Å². The van der Waals surface area contributed by atoms with Crippen LogP contribution in [0.1, 0.15) is 31.2 Å². The van der Waals surface area contributed by atoms with Crippen LogP contribution in [-0.4, -0.2) is 26.7 Å². The highest BCUT2D eigenvalue weighted by Crippen LogP contribution is 2.43. The molecule has 6 nitrogen and oxygen atoms in total.